The van der Waals surface area contributed by atoms with Crippen molar-refractivity contribution >= 4 is 17.4 Å². The number of carbonyl (C=O) groups excluding carboxylic acids is 1. The Balaban J connectivity index is 1.68. The van der Waals surface area contributed by atoms with Crippen molar-refractivity contribution in [1.29, 1.82) is 0 Å². The summed E-state index contributed by atoms with van der Waals surface area (Å²) in [4.78, 5) is 17.9. The lowest BCUT2D eigenvalue weighted by molar-refractivity contribution is -0.139. The number of hydrogen-bond donors (Lipinski definition) is 1. The Hall–Kier alpha value is -3.76. The molecule has 0 unspecified atom stereocenters. The predicted octanol–water partition coefficient (Wildman–Crippen LogP) is 6.39. The molecule has 5 nitrogen and oxygen atoms in total. The highest BCUT2D eigenvalue weighted by Crippen LogP contribution is 2.42. The third-order valence-electron chi connectivity index (χ3n) is 5.35. The summed E-state index contributed by atoms with van der Waals surface area (Å²) in [6, 6.07) is 7.34. The molecule has 4 rings (SSSR count). The normalized spacial score (nSPS) is 13.6. The number of aromatic nitrogens is 1. The first-order chi connectivity index (χ1) is 16.0. The van der Waals surface area contributed by atoms with Crippen LogP contribution in [0.2, 0.25) is 0 Å². The Morgan fingerprint density at radius 2 is 1.79 bits per heavy atom. The van der Waals surface area contributed by atoms with E-state index in [0.29, 0.717) is 11.1 Å². The molecule has 3 aromatic rings. The van der Waals surface area contributed by atoms with Crippen molar-refractivity contribution in [3.05, 3.63) is 71.5 Å². The number of alkyl halides is 6. The number of hydrogen-bond acceptors (Lipinski definition) is 3. The molecule has 2 heterocycles. The fourth-order valence-corrected chi connectivity index (χ4v) is 3.77. The Bertz CT molecular complexity index is 1230. The van der Waals surface area contributed by atoms with Gasteiger partial charge < -0.3 is 10.1 Å². The van der Waals surface area contributed by atoms with E-state index in [-0.39, 0.29) is 35.7 Å². The summed E-state index contributed by atoms with van der Waals surface area (Å²) in [6.45, 7) is 0.0556. The quantitative estimate of drug-likeness (QED) is 0.441. The lowest BCUT2D eigenvalue weighted by Crippen LogP contribution is -2.33. The fraction of sp³-hybridized carbons (Fsp3) is 0.217. The van der Waals surface area contributed by atoms with Gasteiger partial charge in [-0.05, 0) is 53.9 Å². The molecular formula is C23H17F6N3O2. The minimum Gasteiger partial charge on any atom is -0.496 e. The number of rotatable bonds is 3. The lowest BCUT2D eigenvalue weighted by Gasteiger charge is -2.21. The number of benzene rings is 2. The Labute approximate surface area is 190 Å². The molecule has 1 aromatic heterocycles. The van der Waals surface area contributed by atoms with Crippen molar-refractivity contribution in [2.45, 2.75) is 18.8 Å². The molecule has 0 fully saturated rings. The van der Waals surface area contributed by atoms with Gasteiger partial charge in [0.15, 0.2) is 0 Å². The van der Waals surface area contributed by atoms with Crippen LogP contribution in [0.15, 0.2) is 54.9 Å². The molecule has 0 spiro atoms. The van der Waals surface area contributed by atoms with Gasteiger partial charge in [0.25, 0.3) is 0 Å². The highest BCUT2D eigenvalue weighted by Gasteiger charge is 2.38. The van der Waals surface area contributed by atoms with Gasteiger partial charge in [0, 0.05) is 35.9 Å². The molecule has 1 N–H and O–H groups in total. The minimum absolute atomic E-state index is 0.0186. The molecule has 0 aliphatic carbocycles. The summed E-state index contributed by atoms with van der Waals surface area (Å²) >= 11 is 0. The van der Waals surface area contributed by atoms with Gasteiger partial charge in [-0.15, -0.1) is 0 Å². The molecule has 11 heteroatoms. The van der Waals surface area contributed by atoms with E-state index in [9.17, 15) is 31.1 Å². The SMILES string of the molecule is COc1cc2c(cc1C(F)(F)F)N(C(=O)Nc1cc(-c3cccnc3)cc(C(F)(F)F)c1)CC2. The van der Waals surface area contributed by atoms with E-state index in [1.807, 2.05) is 0 Å². The largest absolute Gasteiger partial charge is 0.496 e. The van der Waals surface area contributed by atoms with Crippen LogP contribution in [-0.4, -0.2) is 24.7 Å². The summed E-state index contributed by atoms with van der Waals surface area (Å²) in [5.74, 6) is -0.368. The number of pyridine rings is 1. The summed E-state index contributed by atoms with van der Waals surface area (Å²) in [5, 5.41) is 2.39. The first kappa shape index (κ1) is 23.4. The molecule has 1 aliphatic heterocycles. The Morgan fingerprint density at radius 1 is 1.03 bits per heavy atom. The van der Waals surface area contributed by atoms with Gasteiger partial charge in [-0.3, -0.25) is 9.88 Å². The summed E-state index contributed by atoms with van der Waals surface area (Å²) in [7, 11) is 1.11. The van der Waals surface area contributed by atoms with E-state index >= 15 is 0 Å². The van der Waals surface area contributed by atoms with Gasteiger partial charge in [-0.2, -0.15) is 26.3 Å². The van der Waals surface area contributed by atoms with Crippen LogP contribution >= 0.6 is 0 Å². The number of amides is 2. The average molecular weight is 481 g/mol. The van der Waals surface area contributed by atoms with E-state index in [0.717, 1.165) is 30.2 Å². The Kier molecular flexibility index (Phi) is 5.88. The number of ether oxygens (including phenoxy) is 1. The smallest absolute Gasteiger partial charge is 0.420 e. The average Bonchev–Trinajstić information content (AvgIpc) is 3.20. The molecular weight excluding hydrogens is 464 g/mol. The maximum atomic E-state index is 13.5. The third kappa shape index (κ3) is 4.63. The standard InChI is InChI=1S/C23H17F6N3O2/c1-34-20-9-13-4-6-32(19(13)11-18(20)23(27,28)29)21(33)31-17-8-15(14-3-2-5-30-12-14)7-16(10-17)22(24,25)26/h2-3,5,7-12H,4,6H2,1H3,(H,31,33). The molecule has 34 heavy (non-hydrogen) atoms. The molecule has 2 aromatic carbocycles. The number of halogens is 6. The van der Waals surface area contributed by atoms with Crippen LogP contribution in [0.3, 0.4) is 0 Å². The summed E-state index contributed by atoms with van der Waals surface area (Å²) < 4.78 is 85.5. The number of fused-ring (bicyclic) bond motifs is 1. The van der Waals surface area contributed by atoms with Crippen LogP contribution in [0.5, 0.6) is 5.75 Å². The van der Waals surface area contributed by atoms with Crippen molar-refractivity contribution in [2.24, 2.45) is 0 Å². The highest BCUT2D eigenvalue weighted by atomic mass is 19.4. The van der Waals surface area contributed by atoms with E-state index in [2.05, 4.69) is 10.3 Å². The molecule has 1 aliphatic rings. The van der Waals surface area contributed by atoms with Gasteiger partial charge in [0.05, 0.1) is 18.2 Å². The number of anilines is 2. The first-order valence-corrected chi connectivity index (χ1v) is 9.96. The lowest BCUT2D eigenvalue weighted by atomic mass is 10.0. The maximum absolute atomic E-state index is 13.5. The van der Waals surface area contributed by atoms with Crippen molar-refractivity contribution in [3.8, 4) is 16.9 Å². The minimum atomic E-state index is -4.72. The molecule has 178 valence electrons. The van der Waals surface area contributed by atoms with Crippen molar-refractivity contribution in [3.63, 3.8) is 0 Å². The van der Waals surface area contributed by atoms with Crippen LogP contribution in [-0.2, 0) is 18.8 Å². The second-order valence-corrected chi connectivity index (χ2v) is 7.55. The number of methoxy groups -OCH3 is 1. The zero-order chi connectivity index (χ0) is 24.7. The second kappa shape index (κ2) is 8.54. The number of carbonyl (C=O) groups is 1. The fourth-order valence-electron chi connectivity index (χ4n) is 3.77. The topological polar surface area (TPSA) is 54.5 Å². The number of urea groups is 1. The van der Waals surface area contributed by atoms with E-state index < -0.39 is 29.5 Å². The number of nitrogens with one attached hydrogen (secondary N) is 1. The first-order valence-electron chi connectivity index (χ1n) is 9.96. The van der Waals surface area contributed by atoms with Crippen LogP contribution in [0.1, 0.15) is 16.7 Å². The second-order valence-electron chi connectivity index (χ2n) is 7.55. The van der Waals surface area contributed by atoms with Crippen molar-refractivity contribution < 1.29 is 35.9 Å². The Morgan fingerprint density at radius 3 is 2.41 bits per heavy atom. The van der Waals surface area contributed by atoms with Gasteiger partial charge in [-0.25, -0.2) is 4.79 Å². The summed E-state index contributed by atoms with van der Waals surface area (Å²) in [6.07, 6.45) is -6.29. The zero-order valence-corrected chi connectivity index (χ0v) is 17.6. The van der Waals surface area contributed by atoms with Gasteiger partial charge >= 0.3 is 18.4 Å². The maximum Gasteiger partial charge on any atom is 0.420 e. The predicted molar refractivity (Wildman–Crippen MR) is 113 cm³/mol. The van der Waals surface area contributed by atoms with E-state index in [4.69, 9.17) is 4.74 Å². The number of nitrogens with zero attached hydrogens (tertiary/aromatic N) is 2. The van der Waals surface area contributed by atoms with Crippen LogP contribution in [0.25, 0.3) is 11.1 Å². The van der Waals surface area contributed by atoms with Gasteiger partial charge in [0.1, 0.15) is 5.75 Å². The molecule has 0 saturated heterocycles. The molecule has 2 amide bonds. The molecule has 0 saturated carbocycles. The molecule has 0 bridgehead atoms. The van der Waals surface area contributed by atoms with Crippen LogP contribution < -0.4 is 15.0 Å². The van der Waals surface area contributed by atoms with Gasteiger partial charge in [0.2, 0.25) is 0 Å². The van der Waals surface area contributed by atoms with E-state index in [1.54, 1.807) is 12.1 Å². The van der Waals surface area contributed by atoms with Gasteiger partial charge in [-0.1, -0.05) is 6.07 Å². The van der Waals surface area contributed by atoms with Crippen molar-refractivity contribution in [1.82, 2.24) is 4.98 Å². The molecule has 0 radical (unpaired) electrons. The van der Waals surface area contributed by atoms with E-state index in [1.165, 1.54) is 24.5 Å². The zero-order valence-electron chi connectivity index (χ0n) is 17.6. The van der Waals surface area contributed by atoms with Crippen molar-refractivity contribution in [2.75, 3.05) is 23.9 Å². The summed E-state index contributed by atoms with van der Waals surface area (Å²) in [5.41, 5.74) is -1.15. The molecule has 0 atom stereocenters. The third-order valence-corrected chi connectivity index (χ3v) is 5.35. The van der Waals surface area contributed by atoms with Crippen LogP contribution in [0.4, 0.5) is 42.5 Å². The van der Waals surface area contributed by atoms with Crippen LogP contribution in [0, 0.1) is 0 Å². The monoisotopic (exact) mass is 481 g/mol. The highest BCUT2D eigenvalue weighted by molar-refractivity contribution is 6.03.